The second-order valence-corrected chi connectivity index (χ2v) is 6.70. The van der Waals surface area contributed by atoms with Crippen LogP contribution < -0.4 is 0 Å². The first-order chi connectivity index (χ1) is 11.1. The maximum atomic E-state index is 12.2. The van der Waals surface area contributed by atoms with E-state index in [-0.39, 0.29) is 19.8 Å². The molecule has 0 aliphatic heterocycles. The van der Waals surface area contributed by atoms with Gasteiger partial charge < -0.3 is 0 Å². The van der Waals surface area contributed by atoms with Crippen LogP contribution in [0.3, 0.4) is 0 Å². The van der Waals surface area contributed by atoms with E-state index < -0.39 is 7.82 Å². The number of phosphoric acid groups is 1. The Morgan fingerprint density at radius 3 is 2.30 bits per heavy atom. The predicted molar refractivity (Wildman–Crippen MR) is 94.4 cm³/mol. The molecule has 4 nitrogen and oxygen atoms in total. The van der Waals surface area contributed by atoms with E-state index in [1.165, 1.54) is 10.8 Å². The molecule has 0 saturated carbocycles. The average molecular weight is 334 g/mol. The van der Waals surface area contributed by atoms with Gasteiger partial charge >= 0.3 is 7.82 Å². The molecule has 2 rings (SSSR count). The van der Waals surface area contributed by atoms with Crippen LogP contribution in [-0.2, 0) is 18.1 Å². The van der Waals surface area contributed by atoms with Crippen LogP contribution in [0.5, 0.6) is 0 Å². The average Bonchev–Trinajstić information content (AvgIpc) is 2.54. The van der Waals surface area contributed by atoms with E-state index in [2.05, 4.69) is 30.3 Å². The highest BCUT2D eigenvalue weighted by atomic mass is 31.2. The Hall–Kier alpha value is -1.45. The summed E-state index contributed by atoms with van der Waals surface area (Å²) in [5.41, 5.74) is 2.16. The fourth-order valence-corrected chi connectivity index (χ4v) is 3.35. The zero-order valence-electron chi connectivity index (χ0n) is 13.8. The topological polar surface area (TPSA) is 44.8 Å². The number of hydrogen-bond donors (Lipinski definition) is 0. The Morgan fingerprint density at radius 2 is 1.65 bits per heavy atom. The highest BCUT2D eigenvalue weighted by Gasteiger charge is 2.24. The summed E-state index contributed by atoms with van der Waals surface area (Å²) >= 11 is 0. The van der Waals surface area contributed by atoms with Gasteiger partial charge in [-0.1, -0.05) is 42.5 Å². The van der Waals surface area contributed by atoms with Crippen molar-refractivity contribution in [2.45, 2.75) is 20.8 Å². The summed E-state index contributed by atoms with van der Waals surface area (Å²) in [6.07, 6.45) is 1.88. The number of hydrogen-bond acceptors (Lipinski definition) is 4. The van der Waals surface area contributed by atoms with Gasteiger partial charge in [-0.15, -0.1) is 0 Å². The Balaban J connectivity index is 2.07. The zero-order valence-corrected chi connectivity index (χ0v) is 14.7. The van der Waals surface area contributed by atoms with Gasteiger partial charge in [0.25, 0.3) is 0 Å². The van der Waals surface area contributed by atoms with E-state index in [4.69, 9.17) is 13.6 Å². The summed E-state index contributed by atoms with van der Waals surface area (Å²) in [6.45, 7) is 6.25. The number of phosphoric ester groups is 1. The summed E-state index contributed by atoms with van der Waals surface area (Å²) in [7, 11) is -3.45. The van der Waals surface area contributed by atoms with Crippen molar-refractivity contribution < 1.29 is 18.1 Å². The van der Waals surface area contributed by atoms with Crippen molar-refractivity contribution in [3.63, 3.8) is 0 Å². The molecule has 5 heteroatoms. The summed E-state index contributed by atoms with van der Waals surface area (Å²) in [6, 6.07) is 14.5. The molecular formula is C18H23O4P. The van der Waals surface area contributed by atoms with Crippen LogP contribution in [0.4, 0.5) is 0 Å². The Labute approximate surface area is 137 Å². The largest absolute Gasteiger partial charge is 0.475 e. The lowest BCUT2D eigenvalue weighted by Gasteiger charge is -2.15. The van der Waals surface area contributed by atoms with Crippen LogP contribution in [0, 0.1) is 0 Å². The molecule has 0 aromatic heterocycles. The highest BCUT2D eigenvalue weighted by molar-refractivity contribution is 7.48. The third-order valence-electron chi connectivity index (χ3n) is 3.40. The van der Waals surface area contributed by atoms with Gasteiger partial charge in [-0.3, -0.25) is 13.6 Å². The van der Waals surface area contributed by atoms with E-state index in [1.807, 2.05) is 25.1 Å². The molecular weight excluding hydrogens is 311 g/mol. The first-order valence-electron chi connectivity index (χ1n) is 7.77. The number of fused-ring (bicyclic) bond motifs is 1. The van der Waals surface area contributed by atoms with Crippen molar-refractivity contribution in [2.75, 3.05) is 19.8 Å². The van der Waals surface area contributed by atoms with Crippen molar-refractivity contribution in [3.05, 3.63) is 54.1 Å². The molecule has 0 unspecified atom stereocenters. The smallest absolute Gasteiger partial charge is 0.287 e. The van der Waals surface area contributed by atoms with E-state index in [1.54, 1.807) is 13.8 Å². The molecule has 0 saturated heterocycles. The standard InChI is InChI=1S/C18H23O4P/c1-4-20-23(19,21-5-2)22-13-12-15(3)17-11-10-16-8-6-7-9-18(16)14-17/h6-12,14H,4-5,13H2,1-3H3/b15-12+. The normalized spacial score (nSPS) is 12.7. The van der Waals surface area contributed by atoms with E-state index in [9.17, 15) is 4.57 Å². The minimum atomic E-state index is -3.45. The van der Waals surface area contributed by atoms with Gasteiger partial charge in [-0.05, 0) is 48.7 Å². The van der Waals surface area contributed by atoms with Gasteiger partial charge in [0.15, 0.2) is 0 Å². The lowest BCUT2D eigenvalue weighted by Crippen LogP contribution is -2.00. The second-order valence-electron chi connectivity index (χ2n) is 5.03. The van der Waals surface area contributed by atoms with Crippen LogP contribution in [0.2, 0.25) is 0 Å². The first-order valence-corrected chi connectivity index (χ1v) is 9.23. The van der Waals surface area contributed by atoms with Gasteiger partial charge in [0.2, 0.25) is 0 Å². The SMILES string of the molecule is CCOP(=O)(OCC)OC/C=C(\C)c1ccc2ccccc2c1. The Morgan fingerprint density at radius 1 is 1.00 bits per heavy atom. The molecule has 0 N–H and O–H groups in total. The fourth-order valence-electron chi connectivity index (χ4n) is 2.23. The molecule has 0 amide bonds. The third-order valence-corrected chi connectivity index (χ3v) is 5.02. The summed E-state index contributed by atoms with van der Waals surface area (Å²) < 4.78 is 27.7. The molecule has 0 spiro atoms. The van der Waals surface area contributed by atoms with Gasteiger partial charge in [0.05, 0.1) is 19.8 Å². The first kappa shape index (κ1) is 17.9. The predicted octanol–water partition coefficient (Wildman–Crippen LogP) is 5.44. The molecule has 0 fully saturated rings. The van der Waals surface area contributed by atoms with Gasteiger partial charge in [-0.2, -0.15) is 0 Å². The lowest BCUT2D eigenvalue weighted by molar-refractivity contribution is 0.131. The van der Waals surface area contributed by atoms with Crippen molar-refractivity contribution in [1.29, 1.82) is 0 Å². The maximum Gasteiger partial charge on any atom is 0.475 e. The van der Waals surface area contributed by atoms with E-state index in [0.29, 0.717) is 0 Å². The van der Waals surface area contributed by atoms with E-state index in [0.717, 1.165) is 11.1 Å². The van der Waals surface area contributed by atoms with Gasteiger partial charge in [0.1, 0.15) is 0 Å². The van der Waals surface area contributed by atoms with Crippen molar-refractivity contribution in [1.82, 2.24) is 0 Å². The molecule has 124 valence electrons. The van der Waals surface area contributed by atoms with E-state index >= 15 is 0 Å². The fraction of sp³-hybridized carbons (Fsp3) is 0.333. The maximum absolute atomic E-state index is 12.2. The van der Waals surface area contributed by atoms with Crippen molar-refractivity contribution in [2.24, 2.45) is 0 Å². The van der Waals surface area contributed by atoms with Crippen LogP contribution >= 0.6 is 7.82 Å². The van der Waals surface area contributed by atoms with Gasteiger partial charge in [0, 0.05) is 0 Å². The molecule has 0 aliphatic carbocycles. The highest BCUT2D eigenvalue weighted by Crippen LogP contribution is 2.49. The molecule has 2 aromatic carbocycles. The second kappa shape index (κ2) is 8.42. The summed E-state index contributed by atoms with van der Waals surface area (Å²) in [4.78, 5) is 0. The molecule has 23 heavy (non-hydrogen) atoms. The molecule has 0 bridgehead atoms. The molecule has 0 radical (unpaired) electrons. The summed E-state index contributed by atoms with van der Waals surface area (Å²) in [5.74, 6) is 0. The van der Waals surface area contributed by atoms with Crippen LogP contribution in [-0.4, -0.2) is 19.8 Å². The lowest BCUT2D eigenvalue weighted by atomic mass is 10.0. The molecule has 0 aliphatic rings. The number of benzene rings is 2. The zero-order chi connectivity index (χ0) is 16.7. The van der Waals surface area contributed by atoms with Crippen molar-refractivity contribution >= 4 is 24.2 Å². The quantitative estimate of drug-likeness (QED) is 0.603. The monoisotopic (exact) mass is 334 g/mol. The molecule has 2 aromatic rings. The third kappa shape index (κ3) is 5.02. The number of rotatable bonds is 8. The minimum absolute atomic E-state index is 0.177. The molecule has 0 atom stereocenters. The minimum Gasteiger partial charge on any atom is -0.287 e. The van der Waals surface area contributed by atoms with Crippen LogP contribution in [0.25, 0.3) is 16.3 Å². The van der Waals surface area contributed by atoms with Crippen LogP contribution in [0.15, 0.2) is 48.5 Å². The van der Waals surface area contributed by atoms with Crippen LogP contribution in [0.1, 0.15) is 26.3 Å². The van der Waals surface area contributed by atoms with Gasteiger partial charge in [-0.25, -0.2) is 4.57 Å². The molecule has 0 heterocycles. The van der Waals surface area contributed by atoms with Crippen molar-refractivity contribution in [3.8, 4) is 0 Å². The Bertz CT molecular complexity index is 714. The summed E-state index contributed by atoms with van der Waals surface area (Å²) in [5, 5.41) is 2.39. The Kier molecular flexibility index (Phi) is 6.55. The number of allylic oxidation sites excluding steroid dienone is 1.